The van der Waals surface area contributed by atoms with Gasteiger partial charge in [0.2, 0.25) is 0 Å². The van der Waals surface area contributed by atoms with Crippen LogP contribution < -0.4 is 0 Å². The molecule has 1 aliphatic rings. The number of esters is 1. The van der Waals surface area contributed by atoms with Gasteiger partial charge in [0.25, 0.3) is 0 Å². The molecule has 1 fully saturated rings. The summed E-state index contributed by atoms with van der Waals surface area (Å²) in [7, 11) is -0.0893. The summed E-state index contributed by atoms with van der Waals surface area (Å²) in [5.41, 5.74) is -0.394. The van der Waals surface area contributed by atoms with Gasteiger partial charge >= 0.3 is 5.97 Å². The Morgan fingerprint density at radius 1 is 1.73 bits per heavy atom. The first-order valence-corrected chi connectivity index (χ1v) is 4.66. The minimum atomic E-state index is -0.394. The number of carbonyl (C=O) groups excluding carboxylic acids is 1. The molecule has 0 amide bonds. The van der Waals surface area contributed by atoms with Crippen molar-refractivity contribution in [1.82, 2.24) is 0 Å². The van der Waals surface area contributed by atoms with Crippen LogP contribution in [0, 0.1) is 5.92 Å². The minimum Gasteiger partial charge on any atom is -0.465 e. The second kappa shape index (κ2) is 3.82. The summed E-state index contributed by atoms with van der Waals surface area (Å²) < 4.78 is 15.2. The lowest BCUT2D eigenvalue weighted by Gasteiger charge is -2.05. The molecule has 0 aromatic heterocycles. The summed E-state index contributed by atoms with van der Waals surface area (Å²) in [6, 6.07) is 0. The van der Waals surface area contributed by atoms with E-state index < -0.39 is 5.66 Å². The highest BCUT2D eigenvalue weighted by Crippen LogP contribution is 2.38. The van der Waals surface area contributed by atoms with Crippen molar-refractivity contribution in [3.05, 3.63) is 0 Å². The smallest absolute Gasteiger partial charge is 0.320 e. The fourth-order valence-corrected chi connectivity index (χ4v) is 1.59. The Kier molecular flexibility index (Phi) is 3.01. The zero-order valence-corrected chi connectivity index (χ0v) is 7.34. The molecule has 1 aliphatic carbocycles. The largest absolute Gasteiger partial charge is 0.465 e. The van der Waals surface area contributed by atoms with E-state index in [0.717, 1.165) is 12.8 Å². The van der Waals surface area contributed by atoms with Crippen LogP contribution in [0.3, 0.4) is 0 Å². The van der Waals surface area contributed by atoms with Gasteiger partial charge in [-0.1, -0.05) is 0 Å². The molecule has 0 radical (unpaired) electrons. The fraction of sp³-hybridized carbons (Fsp3) is 0.857. The molecule has 0 aliphatic heterocycles. The van der Waals surface area contributed by atoms with Crippen LogP contribution in [0.25, 0.3) is 0 Å². The first kappa shape index (κ1) is 8.66. The summed E-state index contributed by atoms with van der Waals surface area (Å²) in [6.45, 7) is 2.13. The van der Waals surface area contributed by atoms with E-state index >= 15 is 0 Å². The van der Waals surface area contributed by atoms with Crippen molar-refractivity contribution in [1.29, 1.82) is 0 Å². The molecule has 62 valence electrons. The quantitative estimate of drug-likeness (QED) is 0.480. The molecule has 1 unspecified atom stereocenters. The van der Waals surface area contributed by atoms with Gasteiger partial charge in [-0.3, -0.25) is 9.36 Å². The molecular weight excluding hydrogens is 163 g/mol. The molecule has 1 rings (SSSR count). The van der Waals surface area contributed by atoms with E-state index in [1.165, 1.54) is 0 Å². The number of hydrogen-bond donors (Lipinski definition) is 0. The van der Waals surface area contributed by atoms with Crippen LogP contribution in [-0.2, 0) is 14.1 Å². The standard InChI is InChI=1S/C7H11O3P/c1-2-10-7(8)6(11-9)5-3-4-5/h5-6H,2-4H2,1H3. The summed E-state index contributed by atoms with van der Waals surface area (Å²) in [4.78, 5) is 11.0. The van der Waals surface area contributed by atoms with Crippen LogP contribution >= 0.6 is 8.46 Å². The zero-order chi connectivity index (χ0) is 8.27. The Labute approximate surface area is 67.3 Å². The highest BCUT2D eigenvalue weighted by molar-refractivity contribution is 7.26. The van der Waals surface area contributed by atoms with Crippen LogP contribution in [-0.4, -0.2) is 18.2 Å². The maximum absolute atomic E-state index is 11.0. The predicted molar refractivity (Wildman–Crippen MR) is 40.8 cm³/mol. The fourth-order valence-electron chi connectivity index (χ4n) is 0.961. The van der Waals surface area contributed by atoms with Crippen molar-refractivity contribution < 1.29 is 14.1 Å². The summed E-state index contributed by atoms with van der Waals surface area (Å²) >= 11 is 0. The van der Waals surface area contributed by atoms with Crippen molar-refractivity contribution in [3.8, 4) is 0 Å². The molecule has 11 heavy (non-hydrogen) atoms. The predicted octanol–water partition coefficient (Wildman–Crippen LogP) is 1.62. The normalized spacial score (nSPS) is 19.7. The number of hydrogen-bond acceptors (Lipinski definition) is 3. The van der Waals surface area contributed by atoms with E-state index in [-0.39, 0.29) is 14.4 Å². The lowest BCUT2D eigenvalue weighted by molar-refractivity contribution is -0.142. The van der Waals surface area contributed by atoms with E-state index in [1.807, 2.05) is 0 Å². The molecule has 3 nitrogen and oxygen atoms in total. The second-order valence-electron chi connectivity index (χ2n) is 2.64. The minimum absolute atomic E-state index is 0.0893. The Balaban J connectivity index is 2.39. The number of rotatable bonds is 4. The third kappa shape index (κ3) is 2.26. The second-order valence-corrected chi connectivity index (χ2v) is 3.41. The van der Waals surface area contributed by atoms with Crippen molar-refractivity contribution in [2.75, 3.05) is 6.61 Å². The van der Waals surface area contributed by atoms with Crippen molar-refractivity contribution in [3.63, 3.8) is 0 Å². The van der Waals surface area contributed by atoms with Crippen LogP contribution in [0.15, 0.2) is 0 Å². The van der Waals surface area contributed by atoms with Gasteiger partial charge in [0.1, 0.15) is 5.66 Å². The Morgan fingerprint density at radius 2 is 2.36 bits per heavy atom. The Hall–Kier alpha value is -0.430. The van der Waals surface area contributed by atoms with Crippen LogP contribution in [0.5, 0.6) is 0 Å². The van der Waals surface area contributed by atoms with Crippen LogP contribution in [0.2, 0.25) is 0 Å². The maximum Gasteiger partial charge on any atom is 0.320 e. The number of ether oxygens (including phenoxy) is 1. The van der Waals surface area contributed by atoms with Crippen molar-refractivity contribution in [2.24, 2.45) is 5.92 Å². The third-order valence-corrected chi connectivity index (χ3v) is 2.57. The molecule has 0 aromatic rings. The summed E-state index contributed by atoms with van der Waals surface area (Å²) in [5, 5.41) is 0. The van der Waals surface area contributed by atoms with Crippen LogP contribution in [0.4, 0.5) is 0 Å². The molecule has 0 spiro atoms. The Morgan fingerprint density at radius 3 is 2.73 bits per heavy atom. The molecule has 1 saturated carbocycles. The van der Waals surface area contributed by atoms with Gasteiger partial charge in [-0.25, -0.2) is 0 Å². The van der Waals surface area contributed by atoms with E-state index in [0.29, 0.717) is 12.5 Å². The zero-order valence-electron chi connectivity index (χ0n) is 6.45. The van der Waals surface area contributed by atoms with Gasteiger partial charge in [-0.15, -0.1) is 0 Å². The third-order valence-electron chi connectivity index (χ3n) is 1.71. The van der Waals surface area contributed by atoms with Gasteiger partial charge in [0, 0.05) is 0 Å². The van der Waals surface area contributed by atoms with Gasteiger partial charge < -0.3 is 4.74 Å². The van der Waals surface area contributed by atoms with E-state index in [4.69, 9.17) is 4.74 Å². The molecule has 4 heteroatoms. The van der Waals surface area contributed by atoms with E-state index in [1.54, 1.807) is 6.92 Å². The average Bonchev–Trinajstić information content (AvgIpc) is 2.73. The summed E-state index contributed by atoms with van der Waals surface area (Å²) in [5.74, 6) is -0.000108. The molecule has 1 atom stereocenters. The highest BCUT2D eigenvalue weighted by Gasteiger charge is 2.37. The van der Waals surface area contributed by atoms with Gasteiger partial charge in [0.15, 0.2) is 8.46 Å². The molecule has 0 saturated heterocycles. The summed E-state index contributed by atoms with van der Waals surface area (Å²) in [6.07, 6.45) is 2.03. The first-order valence-electron chi connectivity index (χ1n) is 3.78. The lowest BCUT2D eigenvalue weighted by Crippen LogP contribution is -2.19. The average molecular weight is 174 g/mol. The molecular formula is C7H11O3P. The van der Waals surface area contributed by atoms with E-state index in [2.05, 4.69) is 0 Å². The molecule has 0 aromatic carbocycles. The van der Waals surface area contributed by atoms with Gasteiger partial charge in [-0.2, -0.15) is 0 Å². The first-order chi connectivity index (χ1) is 5.29. The van der Waals surface area contributed by atoms with Crippen LogP contribution in [0.1, 0.15) is 19.8 Å². The topological polar surface area (TPSA) is 43.4 Å². The van der Waals surface area contributed by atoms with Gasteiger partial charge in [-0.05, 0) is 25.7 Å². The lowest BCUT2D eigenvalue weighted by atomic mass is 10.3. The van der Waals surface area contributed by atoms with E-state index in [9.17, 15) is 9.36 Å². The van der Waals surface area contributed by atoms with Crippen molar-refractivity contribution in [2.45, 2.75) is 25.4 Å². The molecule has 0 heterocycles. The maximum atomic E-state index is 11.0. The highest BCUT2D eigenvalue weighted by atomic mass is 31.1. The molecule has 0 N–H and O–H groups in total. The SMILES string of the molecule is CCOC(=O)C(P=O)C1CC1. The molecule has 0 bridgehead atoms. The van der Waals surface area contributed by atoms with Crippen molar-refractivity contribution >= 4 is 14.4 Å². The monoisotopic (exact) mass is 174 g/mol. The Bertz CT molecular complexity index is 165. The van der Waals surface area contributed by atoms with Gasteiger partial charge in [0.05, 0.1) is 6.61 Å². The number of carbonyl (C=O) groups is 1.